The van der Waals surface area contributed by atoms with E-state index in [1.54, 1.807) is 19.5 Å². The highest BCUT2D eigenvalue weighted by atomic mass is 35.5. The second-order valence-corrected chi connectivity index (χ2v) is 16.1. The molecule has 1 saturated heterocycles. The fourth-order valence-electron chi connectivity index (χ4n) is 5.17. The summed E-state index contributed by atoms with van der Waals surface area (Å²) in [5, 5.41) is 10.7. The number of aryl methyl sites for hydroxylation is 2. The molecule has 2 aromatic carbocycles. The van der Waals surface area contributed by atoms with Crippen molar-refractivity contribution in [3.63, 3.8) is 0 Å². The third-order valence-corrected chi connectivity index (χ3v) is 8.99. The number of alkyl carbamates (subject to hydrolysis) is 1. The quantitative estimate of drug-likeness (QED) is 0.208. The Balaban J connectivity index is 1.42. The van der Waals surface area contributed by atoms with Gasteiger partial charge in [-0.15, -0.1) is 0 Å². The number of amides is 1. The van der Waals surface area contributed by atoms with Gasteiger partial charge in [0.1, 0.15) is 17.8 Å². The number of benzene rings is 2. The third kappa shape index (κ3) is 9.10. The van der Waals surface area contributed by atoms with Gasteiger partial charge in [0.05, 0.1) is 11.9 Å². The molecule has 0 radical (unpaired) electrons. The number of aromatic nitrogens is 2. The van der Waals surface area contributed by atoms with Crippen molar-refractivity contribution >= 4 is 59.0 Å². The van der Waals surface area contributed by atoms with Gasteiger partial charge < -0.3 is 30.2 Å². The van der Waals surface area contributed by atoms with E-state index in [9.17, 15) is 9.36 Å². The van der Waals surface area contributed by atoms with Gasteiger partial charge in [-0.1, -0.05) is 31.0 Å². The molecule has 2 heterocycles. The molecule has 1 amide bonds. The predicted molar refractivity (Wildman–Crippen MR) is 179 cm³/mol. The first-order valence-corrected chi connectivity index (χ1v) is 17.8. The largest absolute Gasteiger partial charge is 0.444 e. The lowest BCUT2D eigenvalue weighted by Gasteiger charge is -2.35. The van der Waals surface area contributed by atoms with Crippen molar-refractivity contribution in [2.24, 2.45) is 0 Å². The van der Waals surface area contributed by atoms with Crippen LogP contribution in [0.25, 0.3) is 0 Å². The highest BCUT2D eigenvalue weighted by molar-refractivity contribution is 7.70. The summed E-state index contributed by atoms with van der Waals surface area (Å²) in [6, 6.07) is 12.3. The summed E-state index contributed by atoms with van der Waals surface area (Å²) in [6.45, 7) is 15.0. The monoisotopic (exact) mass is 626 g/mol. The summed E-state index contributed by atoms with van der Waals surface area (Å²) in [5.41, 5.74) is 4.51. The lowest BCUT2D eigenvalue weighted by Crippen LogP contribution is -2.46. The summed E-state index contributed by atoms with van der Waals surface area (Å²) < 4.78 is 18.5. The summed E-state index contributed by atoms with van der Waals surface area (Å²) >= 11 is 6.47. The van der Waals surface area contributed by atoms with Gasteiger partial charge in [-0.3, -0.25) is 0 Å². The molecule has 232 valence electrons. The number of rotatable bonds is 9. The second kappa shape index (κ2) is 13.6. The molecule has 1 fully saturated rings. The highest BCUT2D eigenvalue weighted by Gasteiger charge is 2.24. The minimum atomic E-state index is -2.56. The fraction of sp³-hybridized carbons (Fsp3) is 0.469. The molecule has 0 spiro atoms. The molecule has 43 heavy (non-hydrogen) atoms. The number of nitrogens with one attached hydrogen (secondary N) is 3. The second-order valence-electron chi connectivity index (χ2n) is 12.5. The summed E-state index contributed by atoms with van der Waals surface area (Å²) in [5.74, 6) is 0.835. The standard InChI is InChI=1S/C32H44ClN6O3P/c1-8-9-22-10-12-26(28(19-22)43(6,7)41)37-29-25(33)20-34-30(38-29)35-24-11-13-27(21(2)18-24)39-16-14-23(15-17-39)36-31(40)42-32(3,4)5/h10-13,18-20,23H,8-9,14-17H2,1-7H3,(H,36,40)(H2,34,35,37,38). The van der Waals surface area contributed by atoms with Crippen LogP contribution in [0.1, 0.15) is 58.1 Å². The van der Waals surface area contributed by atoms with E-state index in [-0.39, 0.29) is 12.1 Å². The van der Waals surface area contributed by atoms with Crippen molar-refractivity contribution in [3.05, 3.63) is 58.7 Å². The molecule has 9 nitrogen and oxygen atoms in total. The molecule has 3 N–H and O–H groups in total. The Morgan fingerprint density at radius 2 is 1.84 bits per heavy atom. The minimum Gasteiger partial charge on any atom is -0.444 e. The molecule has 4 rings (SSSR count). The number of hydrogen-bond acceptors (Lipinski definition) is 8. The van der Waals surface area contributed by atoms with E-state index in [0.717, 1.165) is 72.3 Å². The number of piperidine rings is 1. The fourth-order valence-corrected chi connectivity index (χ4v) is 6.50. The lowest BCUT2D eigenvalue weighted by atomic mass is 10.0. The molecule has 0 aliphatic carbocycles. The highest BCUT2D eigenvalue weighted by Crippen LogP contribution is 2.39. The van der Waals surface area contributed by atoms with Gasteiger partial charge in [0.15, 0.2) is 5.82 Å². The lowest BCUT2D eigenvalue weighted by molar-refractivity contribution is 0.0497. The first-order valence-electron chi connectivity index (χ1n) is 14.8. The normalized spacial score (nSPS) is 14.4. The first-order chi connectivity index (χ1) is 20.2. The number of anilines is 5. The zero-order valence-corrected chi connectivity index (χ0v) is 27.9. The maximum absolute atomic E-state index is 13.1. The summed E-state index contributed by atoms with van der Waals surface area (Å²) in [6.07, 6.45) is 4.84. The zero-order valence-electron chi connectivity index (χ0n) is 26.3. The molecule has 1 aliphatic heterocycles. The van der Waals surface area contributed by atoms with Crippen molar-refractivity contribution in [2.45, 2.75) is 71.9 Å². The van der Waals surface area contributed by atoms with Gasteiger partial charge in [-0.25, -0.2) is 9.78 Å². The van der Waals surface area contributed by atoms with Gasteiger partial charge in [0, 0.05) is 35.8 Å². The SMILES string of the molecule is CCCc1ccc(Nc2nc(Nc3ccc(N4CCC(NC(=O)OC(C)(C)C)CC4)c(C)c3)ncc2Cl)c(P(C)(C)=O)c1. The molecule has 0 atom stereocenters. The van der Waals surface area contributed by atoms with Crippen LogP contribution in [-0.4, -0.2) is 54.1 Å². The Labute approximate surface area is 260 Å². The molecule has 11 heteroatoms. The molecule has 1 aliphatic rings. The molecule has 0 saturated carbocycles. The van der Waals surface area contributed by atoms with Crippen LogP contribution >= 0.6 is 18.7 Å². The molecule has 0 unspecified atom stereocenters. The van der Waals surface area contributed by atoms with Crippen molar-refractivity contribution in [1.29, 1.82) is 0 Å². The average Bonchev–Trinajstić information content (AvgIpc) is 2.90. The minimum absolute atomic E-state index is 0.101. The number of nitrogens with zero attached hydrogens (tertiary/aromatic N) is 3. The number of ether oxygens (including phenoxy) is 1. The molecular weight excluding hydrogens is 583 g/mol. The number of hydrogen-bond donors (Lipinski definition) is 3. The third-order valence-electron chi connectivity index (χ3n) is 7.19. The van der Waals surface area contributed by atoms with E-state index in [4.69, 9.17) is 16.3 Å². The van der Waals surface area contributed by atoms with E-state index < -0.39 is 12.7 Å². The van der Waals surface area contributed by atoms with E-state index in [1.165, 1.54) is 0 Å². The van der Waals surface area contributed by atoms with Crippen LogP contribution in [0.5, 0.6) is 0 Å². The predicted octanol–water partition coefficient (Wildman–Crippen LogP) is 7.62. The van der Waals surface area contributed by atoms with Gasteiger partial charge >= 0.3 is 6.09 Å². The van der Waals surface area contributed by atoms with Gasteiger partial charge in [-0.05, 0) is 102 Å². The van der Waals surface area contributed by atoms with Crippen molar-refractivity contribution < 1.29 is 14.1 Å². The average molecular weight is 627 g/mol. The van der Waals surface area contributed by atoms with Crippen molar-refractivity contribution in [2.75, 3.05) is 42.0 Å². The maximum Gasteiger partial charge on any atom is 0.407 e. The van der Waals surface area contributed by atoms with Crippen molar-refractivity contribution in [3.8, 4) is 0 Å². The van der Waals surface area contributed by atoms with Crippen LogP contribution in [0.15, 0.2) is 42.6 Å². The van der Waals surface area contributed by atoms with Crippen LogP contribution in [0, 0.1) is 6.92 Å². The number of carbonyl (C=O) groups is 1. The van der Waals surface area contributed by atoms with E-state index in [2.05, 4.69) is 56.8 Å². The Morgan fingerprint density at radius 1 is 1.12 bits per heavy atom. The Hall–Kier alpha value is -3.29. The Kier molecular flexibility index (Phi) is 10.3. The smallest absolute Gasteiger partial charge is 0.407 e. The van der Waals surface area contributed by atoms with Gasteiger partial charge in [0.25, 0.3) is 0 Å². The number of carbonyl (C=O) groups excluding carboxylic acids is 1. The van der Waals surface area contributed by atoms with Crippen LogP contribution in [-0.2, 0) is 15.7 Å². The van der Waals surface area contributed by atoms with Crippen LogP contribution in [0.2, 0.25) is 5.02 Å². The van der Waals surface area contributed by atoms with Gasteiger partial charge in [0.2, 0.25) is 5.95 Å². The van der Waals surface area contributed by atoms with Crippen LogP contribution in [0.4, 0.5) is 33.6 Å². The topological polar surface area (TPSA) is 108 Å². The number of halogens is 1. The Morgan fingerprint density at radius 3 is 2.47 bits per heavy atom. The van der Waals surface area contributed by atoms with E-state index in [0.29, 0.717) is 16.8 Å². The molecule has 1 aromatic heterocycles. The van der Waals surface area contributed by atoms with Gasteiger partial charge in [-0.2, -0.15) is 4.98 Å². The van der Waals surface area contributed by atoms with E-state index in [1.807, 2.05) is 45.0 Å². The summed E-state index contributed by atoms with van der Waals surface area (Å²) in [7, 11) is -2.56. The van der Waals surface area contributed by atoms with Crippen LogP contribution < -0.4 is 26.2 Å². The van der Waals surface area contributed by atoms with E-state index >= 15 is 0 Å². The van der Waals surface area contributed by atoms with Crippen molar-refractivity contribution in [1.82, 2.24) is 15.3 Å². The van der Waals surface area contributed by atoms with Crippen LogP contribution in [0.3, 0.4) is 0 Å². The maximum atomic E-state index is 13.1. The summed E-state index contributed by atoms with van der Waals surface area (Å²) in [4.78, 5) is 23.5. The Bertz CT molecular complexity index is 1490. The molecule has 3 aromatic rings. The zero-order chi connectivity index (χ0) is 31.4. The molecule has 0 bridgehead atoms. The molecular formula is C32H44ClN6O3P. The first kappa shape index (κ1) is 32.6.